The topological polar surface area (TPSA) is 64.6 Å². The van der Waals surface area contributed by atoms with Gasteiger partial charge in [-0.15, -0.1) is 0 Å². The van der Waals surface area contributed by atoms with Crippen molar-refractivity contribution >= 4 is 11.9 Å². The highest BCUT2D eigenvalue weighted by molar-refractivity contribution is 5.79. The van der Waals surface area contributed by atoms with Gasteiger partial charge in [0.15, 0.2) is 0 Å². The highest BCUT2D eigenvalue weighted by Gasteiger charge is 2.27. The van der Waals surface area contributed by atoms with Gasteiger partial charge in [0.05, 0.1) is 5.92 Å². The van der Waals surface area contributed by atoms with Crippen LogP contribution in [0.5, 0.6) is 0 Å². The van der Waals surface area contributed by atoms with Crippen LogP contribution in [0.3, 0.4) is 0 Å². The molecule has 0 spiro atoms. The number of aromatic nitrogens is 2. The van der Waals surface area contributed by atoms with Crippen LogP contribution in [0.2, 0.25) is 0 Å². The first kappa shape index (κ1) is 22.6. The van der Waals surface area contributed by atoms with Gasteiger partial charge < -0.3 is 15.1 Å². The van der Waals surface area contributed by atoms with Crippen molar-refractivity contribution in [3.05, 3.63) is 42.5 Å². The van der Waals surface area contributed by atoms with Gasteiger partial charge in [0, 0.05) is 70.3 Å². The molecule has 172 valence electrons. The molecule has 1 aromatic carbocycles. The van der Waals surface area contributed by atoms with Crippen LogP contribution in [0.1, 0.15) is 19.8 Å². The first-order valence-electron chi connectivity index (χ1n) is 11.7. The van der Waals surface area contributed by atoms with Crippen LogP contribution < -0.4 is 10.2 Å². The van der Waals surface area contributed by atoms with Gasteiger partial charge in [-0.05, 0) is 37.1 Å². The number of piperidine rings is 1. The van der Waals surface area contributed by atoms with Crippen LogP contribution in [0, 0.1) is 11.7 Å². The summed E-state index contributed by atoms with van der Waals surface area (Å²) in [4.78, 5) is 28.7. The number of likely N-dealkylation sites (N-methyl/N-ethyl adjacent to an activating group) is 1. The second-order valence-corrected chi connectivity index (χ2v) is 8.63. The molecular weight excluding hydrogens is 407 g/mol. The predicted molar refractivity (Wildman–Crippen MR) is 124 cm³/mol. The molecule has 0 saturated carbocycles. The molecule has 0 radical (unpaired) electrons. The molecule has 1 atom stereocenters. The molecule has 3 heterocycles. The molecule has 2 fully saturated rings. The molecule has 0 unspecified atom stereocenters. The van der Waals surface area contributed by atoms with Crippen molar-refractivity contribution in [1.82, 2.24) is 25.1 Å². The minimum absolute atomic E-state index is 0.0489. The lowest BCUT2D eigenvalue weighted by atomic mass is 9.97. The number of benzene rings is 1. The van der Waals surface area contributed by atoms with Crippen LogP contribution in [0.15, 0.2) is 36.7 Å². The summed E-state index contributed by atoms with van der Waals surface area (Å²) < 4.78 is 13.5. The van der Waals surface area contributed by atoms with E-state index >= 15 is 0 Å². The predicted octanol–water partition coefficient (Wildman–Crippen LogP) is 2.25. The minimum Gasteiger partial charge on any atom is -0.355 e. The summed E-state index contributed by atoms with van der Waals surface area (Å²) in [6.07, 6.45) is 5.27. The summed E-state index contributed by atoms with van der Waals surface area (Å²) >= 11 is 0. The Morgan fingerprint density at radius 3 is 2.56 bits per heavy atom. The third kappa shape index (κ3) is 5.81. The third-order valence-electron chi connectivity index (χ3n) is 6.51. The Bertz CT molecular complexity index is 884. The number of nitrogens with one attached hydrogen (secondary N) is 1. The maximum absolute atomic E-state index is 13.5. The molecule has 1 N–H and O–H groups in total. The van der Waals surface area contributed by atoms with Crippen LogP contribution in [0.4, 0.5) is 10.3 Å². The zero-order valence-corrected chi connectivity index (χ0v) is 18.8. The monoisotopic (exact) mass is 440 g/mol. The second-order valence-electron chi connectivity index (χ2n) is 8.63. The van der Waals surface area contributed by atoms with Crippen molar-refractivity contribution in [1.29, 1.82) is 0 Å². The van der Waals surface area contributed by atoms with E-state index in [9.17, 15) is 9.18 Å². The fraction of sp³-hybridized carbons (Fsp3) is 0.542. The minimum atomic E-state index is -0.278. The molecule has 2 aliphatic heterocycles. The summed E-state index contributed by atoms with van der Waals surface area (Å²) in [6.45, 7) is 10.7. The van der Waals surface area contributed by atoms with Gasteiger partial charge in [0.1, 0.15) is 5.82 Å². The molecule has 7 nitrogen and oxygen atoms in total. The fourth-order valence-corrected chi connectivity index (χ4v) is 4.49. The van der Waals surface area contributed by atoms with E-state index in [1.807, 2.05) is 6.07 Å². The molecule has 2 aromatic rings. The summed E-state index contributed by atoms with van der Waals surface area (Å²) in [7, 11) is 0. The van der Waals surface area contributed by atoms with Crippen molar-refractivity contribution in [2.45, 2.75) is 19.8 Å². The molecule has 8 heteroatoms. The molecule has 0 aliphatic carbocycles. The Morgan fingerprint density at radius 2 is 1.84 bits per heavy atom. The summed E-state index contributed by atoms with van der Waals surface area (Å²) in [5.41, 5.74) is 1.53. The number of carbonyl (C=O) groups excluding carboxylic acids is 1. The highest BCUT2D eigenvalue weighted by atomic mass is 19.1. The maximum Gasteiger partial charge on any atom is 0.225 e. The Morgan fingerprint density at radius 1 is 1.09 bits per heavy atom. The number of piperazine rings is 1. The van der Waals surface area contributed by atoms with E-state index in [-0.39, 0.29) is 17.6 Å². The van der Waals surface area contributed by atoms with E-state index in [2.05, 4.69) is 36.9 Å². The van der Waals surface area contributed by atoms with Gasteiger partial charge in [0.2, 0.25) is 11.9 Å². The molecule has 2 saturated heterocycles. The molecule has 32 heavy (non-hydrogen) atoms. The highest BCUT2D eigenvalue weighted by Crippen LogP contribution is 2.23. The van der Waals surface area contributed by atoms with Crippen LogP contribution in [-0.2, 0) is 4.79 Å². The van der Waals surface area contributed by atoms with Gasteiger partial charge in [-0.2, -0.15) is 0 Å². The quantitative estimate of drug-likeness (QED) is 0.713. The van der Waals surface area contributed by atoms with Gasteiger partial charge in [-0.25, -0.2) is 14.4 Å². The van der Waals surface area contributed by atoms with Gasteiger partial charge in [-0.3, -0.25) is 9.69 Å². The zero-order chi connectivity index (χ0) is 22.3. The number of carbonyl (C=O) groups is 1. The Balaban J connectivity index is 1.26. The molecular formula is C24H33FN6O. The lowest BCUT2D eigenvalue weighted by molar-refractivity contribution is -0.125. The standard InChI is InChI=1S/C24H33FN6O/c1-2-29-11-13-30(14-12-29)10-8-26-23(32)20-6-4-9-31(18-20)24-27-16-21(17-28-24)19-5-3-7-22(25)15-19/h3,5,7,15-17,20H,2,4,6,8-14,18H2,1H3,(H,26,32)/t20-/m0/s1. The van der Waals surface area contributed by atoms with Crippen LogP contribution >= 0.6 is 0 Å². The molecule has 1 amide bonds. The van der Waals surface area contributed by atoms with E-state index in [1.54, 1.807) is 18.5 Å². The largest absolute Gasteiger partial charge is 0.355 e. The van der Waals surface area contributed by atoms with E-state index < -0.39 is 0 Å². The second kappa shape index (κ2) is 10.8. The number of hydrogen-bond acceptors (Lipinski definition) is 6. The lowest BCUT2D eigenvalue weighted by Gasteiger charge is -2.34. The van der Waals surface area contributed by atoms with Crippen LogP contribution in [-0.4, -0.2) is 84.6 Å². The lowest BCUT2D eigenvalue weighted by Crippen LogP contribution is -2.49. The number of nitrogens with zero attached hydrogens (tertiary/aromatic N) is 5. The number of anilines is 1. The van der Waals surface area contributed by atoms with Crippen molar-refractivity contribution in [3.63, 3.8) is 0 Å². The number of amides is 1. The van der Waals surface area contributed by atoms with E-state index in [4.69, 9.17) is 0 Å². The van der Waals surface area contributed by atoms with Crippen molar-refractivity contribution in [2.24, 2.45) is 5.92 Å². The van der Waals surface area contributed by atoms with Crippen molar-refractivity contribution in [3.8, 4) is 11.1 Å². The SMILES string of the molecule is CCN1CCN(CCNC(=O)[C@H]2CCCN(c3ncc(-c4cccc(F)c4)cn3)C2)CC1. The first-order chi connectivity index (χ1) is 15.6. The van der Waals surface area contributed by atoms with Gasteiger partial charge in [-0.1, -0.05) is 19.1 Å². The molecule has 0 bridgehead atoms. The van der Waals surface area contributed by atoms with Gasteiger partial charge in [0.25, 0.3) is 0 Å². The van der Waals surface area contributed by atoms with E-state index in [1.165, 1.54) is 12.1 Å². The average molecular weight is 441 g/mol. The smallest absolute Gasteiger partial charge is 0.225 e. The Labute approximate surface area is 189 Å². The first-order valence-corrected chi connectivity index (χ1v) is 11.7. The Kier molecular flexibility index (Phi) is 7.65. The zero-order valence-electron chi connectivity index (χ0n) is 18.8. The number of hydrogen-bond donors (Lipinski definition) is 1. The molecule has 4 rings (SSSR count). The van der Waals surface area contributed by atoms with Crippen LogP contribution in [0.25, 0.3) is 11.1 Å². The van der Waals surface area contributed by atoms with E-state index in [0.717, 1.165) is 69.8 Å². The summed E-state index contributed by atoms with van der Waals surface area (Å²) in [5.74, 6) is 0.418. The summed E-state index contributed by atoms with van der Waals surface area (Å²) in [6, 6.07) is 6.41. The van der Waals surface area contributed by atoms with Gasteiger partial charge >= 0.3 is 0 Å². The fourth-order valence-electron chi connectivity index (χ4n) is 4.49. The van der Waals surface area contributed by atoms with Crippen molar-refractivity contribution < 1.29 is 9.18 Å². The molecule has 2 aliphatic rings. The third-order valence-corrected chi connectivity index (χ3v) is 6.51. The average Bonchev–Trinajstić information content (AvgIpc) is 2.84. The van der Waals surface area contributed by atoms with E-state index in [0.29, 0.717) is 19.0 Å². The number of halogens is 1. The normalized spacial score (nSPS) is 20.3. The summed E-state index contributed by atoms with van der Waals surface area (Å²) in [5, 5.41) is 3.14. The molecule has 1 aromatic heterocycles. The Hall–Kier alpha value is -2.58. The maximum atomic E-state index is 13.5. The van der Waals surface area contributed by atoms with Crippen molar-refractivity contribution in [2.75, 3.05) is 63.8 Å². The number of rotatable bonds is 7.